The number of methoxy groups -OCH3 is 2. The standard InChI is InChI=1S/C26H23N5O4/c1-34-11-7-16-12-15-4-3-5-18-23(27-8-10-30(16)24(15)18)22-21(25(32)29-26(22)33)19-14-28-20-13-17(35-2)6-9-31(19)20/h3-6,8-10,13-14,16H,7,11-12H2,1-2H3,(H,29,32,33). The summed E-state index contributed by atoms with van der Waals surface area (Å²) in [6, 6.07) is 9.81. The summed E-state index contributed by atoms with van der Waals surface area (Å²) in [6.07, 6.45) is 8.74. The smallest absolute Gasteiger partial charge is 0.261 e. The molecule has 0 bridgehead atoms. The monoisotopic (exact) mass is 469 g/mol. The van der Waals surface area contributed by atoms with E-state index in [0.29, 0.717) is 29.4 Å². The number of aromatic nitrogens is 2. The number of hydrogen-bond acceptors (Lipinski definition) is 7. The lowest BCUT2D eigenvalue weighted by Crippen LogP contribution is -2.28. The van der Waals surface area contributed by atoms with E-state index in [-0.39, 0.29) is 17.2 Å². The summed E-state index contributed by atoms with van der Waals surface area (Å²) in [6.45, 7) is 0.650. The third-order valence-electron chi connectivity index (χ3n) is 6.71. The van der Waals surface area contributed by atoms with Crippen molar-refractivity contribution in [2.45, 2.75) is 18.9 Å². The Morgan fingerprint density at radius 3 is 2.83 bits per heavy atom. The van der Waals surface area contributed by atoms with Gasteiger partial charge in [0.2, 0.25) is 0 Å². The first kappa shape index (κ1) is 21.3. The number of ether oxygens (including phenoxy) is 2. The van der Waals surface area contributed by atoms with Crippen LogP contribution in [-0.2, 0) is 20.7 Å². The van der Waals surface area contributed by atoms with Gasteiger partial charge >= 0.3 is 0 Å². The number of imide groups is 1. The van der Waals surface area contributed by atoms with E-state index in [0.717, 1.165) is 24.1 Å². The normalized spacial score (nSPS) is 18.7. The lowest BCUT2D eigenvalue weighted by atomic mass is 9.94. The number of fused-ring (bicyclic) bond motifs is 1. The van der Waals surface area contributed by atoms with Gasteiger partial charge in [0.05, 0.1) is 41.5 Å². The van der Waals surface area contributed by atoms with Crippen LogP contribution >= 0.6 is 0 Å². The molecule has 0 saturated carbocycles. The molecule has 0 fully saturated rings. The summed E-state index contributed by atoms with van der Waals surface area (Å²) in [5.74, 6) is -0.293. The van der Waals surface area contributed by atoms with Crippen molar-refractivity contribution in [3.63, 3.8) is 0 Å². The molecule has 176 valence electrons. The number of para-hydroxylation sites is 1. The van der Waals surface area contributed by atoms with Crippen molar-refractivity contribution < 1.29 is 19.1 Å². The van der Waals surface area contributed by atoms with Crippen LogP contribution in [0.3, 0.4) is 0 Å². The fraction of sp³-hybridized carbons (Fsp3) is 0.231. The quantitative estimate of drug-likeness (QED) is 0.557. The molecule has 1 aromatic carbocycles. The van der Waals surface area contributed by atoms with Crippen molar-refractivity contribution >= 4 is 34.4 Å². The number of rotatable bonds is 6. The summed E-state index contributed by atoms with van der Waals surface area (Å²) in [5, 5.41) is 2.47. The van der Waals surface area contributed by atoms with Gasteiger partial charge in [0.15, 0.2) is 0 Å². The zero-order valence-corrected chi connectivity index (χ0v) is 19.3. The van der Waals surface area contributed by atoms with E-state index >= 15 is 0 Å². The Kier molecular flexibility index (Phi) is 5.00. The number of nitrogens with one attached hydrogen (secondary N) is 1. The Labute approximate surface area is 201 Å². The second kappa shape index (κ2) is 8.21. The number of amides is 2. The van der Waals surface area contributed by atoms with Crippen LogP contribution in [0.25, 0.3) is 11.2 Å². The topological polar surface area (TPSA) is 97.5 Å². The van der Waals surface area contributed by atoms with Crippen LogP contribution in [0, 0.1) is 0 Å². The molecular formula is C26H23N5O4. The molecule has 9 nitrogen and oxygen atoms in total. The van der Waals surface area contributed by atoms with Gasteiger partial charge in [-0.15, -0.1) is 0 Å². The third-order valence-corrected chi connectivity index (χ3v) is 6.71. The molecule has 3 aromatic rings. The minimum Gasteiger partial charge on any atom is -0.497 e. The van der Waals surface area contributed by atoms with Gasteiger partial charge in [0.1, 0.15) is 11.4 Å². The highest BCUT2D eigenvalue weighted by Gasteiger charge is 2.39. The summed E-state index contributed by atoms with van der Waals surface area (Å²) < 4.78 is 12.4. The molecular weight excluding hydrogens is 446 g/mol. The summed E-state index contributed by atoms with van der Waals surface area (Å²) in [7, 11) is 3.28. The maximum absolute atomic E-state index is 13.2. The highest BCUT2D eigenvalue weighted by atomic mass is 16.5. The molecule has 9 heteroatoms. The first-order valence-corrected chi connectivity index (χ1v) is 11.4. The fourth-order valence-electron chi connectivity index (χ4n) is 5.13. The number of aliphatic imine (C=N–C) groups is 1. The van der Waals surface area contributed by atoms with E-state index in [9.17, 15) is 9.59 Å². The zero-order valence-electron chi connectivity index (χ0n) is 19.3. The Morgan fingerprint density at radius 1 is 1.14 bits per heavy atom. The Balaban J connectivity index is 1.52. The number of carbonyl (C=O) groups is 2. The lowest BCUT2D eigenvalue weighted by Gasteiger charge is -2.24. The summed E-state index contributed by atoms with van der Waals surface area (Å²) >= 11 is 0. The van der Waals surface area contributed by atoms with Crippen molar-refractivity contribution in [2.24, 2.45) is 4.99 Å². The minimum atomic E-state index is -0.472. The van der Waals surface area contributed by atoms with Crippen molar-refractivity contribution in [3.8, 4) is 5.75 Å². The Morgan fingerprint density at radius 2 is 2.00 bits per heavy atom. The van der Waals surface area contributed by atoms with E-state index in [2.05, 4.69) is 26.3 Å². The van der Waals surface area contributed by atoms with Crippen LogP contribution in [0.2, 0.25) is 0 Å². The van der Waals surface area contributed by atoms with Gasteiger partial charge in [-0.1, -0.05) is 18.2 Å². The number of benzene rings is 1. The molecule has 1 unspecified atom stereocenters. The predicted octanol–water partition coefficient (Wildman–Crippen LogP) is 2.49. The van der Waals surface area contributed by atoms with Gasteiger partial charge in [-0.2, -0.15) is 0 Å². The largest absolute Gasteiger partial charge is 0.497 e. The second-order valence-electron chi connectivity index (χ2n) is 8.61. The van der Waals surface area contributed by atoms with Gasteiger partial charge in [0, 0.05) is 50.0 Å². The van der Waals surface area contributed by atoms with Crippen LogP contribution < -0.4 is 15.0 Å². The third kappa shape index (κ3) is 3.27. The molecule has 1 atom stereocenters. The van der Waals surface area contributed by atoms with E-state index in [4.69, 9.17) is 9.47 Å². The average molecular weight is 470 g/mol. The van der Waals surface area contributed by atoms with Crippen LogP contribution in [0.5, 0.6) is 5.75 Å². The number of hydrogen-bond donors (Lipinski definition) is 1. The molecule has 0 radical (unpaired) electrons. The number of carbonyl (C=O) groups excluding carboxylic acids is 2. The molecule has 6 rings (SSSR count). The first-order valence-electron chi connectivity index (χ1n) is 11.4. The van der Waals surface area contributed by atoms with Gasteiger partial charge in [0.25, 0.3) is 11.8 Å². The molecule has 2 aromatic heterocycles. The zero-order chi connectivity index (χ0) is 24.1. The van der Waals surface area contributed by atoms with Crippen molar-refractivity contribution in [2.75, 3.05) is 25.7 Å². The number of imidazole rings is 1. The SMILES string of the molecule is COCCC1Cc2cccc3c2N1C=CN=C3C1=C(c2cnc3cc(OC)ccn23)C(=O)NC1=O. The molecule has 2 amide bonds. The van der Waals surface area contributed by atoms with Crippen LogP contribution in [-0.4, -0.2) is 53.8 Å². The molecule has 0 aliphatic carbocycles. The van der Waals surface area contributed by atoms with E-state index < -0.39 is 11.8 Å². The predicted molar refractivity (Wildman–Crippen MR) is 130 cm³/mol. The van der Waals surface area contributed by atoms with Gasteiger partial charge in [-0.3, -0.25) is 24.3 Å². The second-order valence-corrected chi connectivity index (χ2v) is 8.61. The van der Waals surface area contributed by atoms with Gasteiger partial charge < -0.3 is 14.4 Å². The van der Waals surface area contributed by atoms with E-state index in [1.807, 2.05) is 18.3 Å². The highest BCUT2D eigenvalue weighted by Crippen LogP contribution is 2.40. The number of pyridine rings is 1. The molecule has 5 heterocycles. The van der Waals surface area contributed by atoms with Crippen molar-refractivity contribution in [3.05, 3.63) is 77.5 Å². The fourth-order valence-corrected chi connectivity index (χ4v) is 5.13. The molecule has 0 spiro atoms. The Hall–Kier alpha value is -4.24. The Bertz CT molecular complexity index is 1480. The highest BCUT2D eigenvalue weighted by molar-refractivity contribution is 6.47. The van der Waals surface area contributed by atoms with E-state index in [1.54, 1.807) is 49.3 Å². The summed E-state index contributed by atoms with van der Waals surface area (Å²) in [4.78, 5) is 37.5. The number of nitrogens with zero attached hydrogens (tertiary/aromatic N) is 4. The molecule has 1 N–H and O–H groups in total. The van der Waals surface area contributed by atoms with Crippen LogP contribution in [0.4, 0.5) is 5.69 Å². The summed E-state index contributed by atoms with van der Waals surface area (Å²) in [5.41, 5.74) is 5.09. The maximum atomic E-state index is 13.2. The van der Waals surface area contributed by atoms with E-state index in [1.165, 1.54) is 5.56 Å². The first-order chi connectivity index (χ1) is 17.1. The molecule has 3 aliphatic heterocycles. The van der Waals surface area contributed by atoms with Crippen LogP contribution in [0.1, 0.15) is 23.2 Å². The number of anilines is 1. The lowest BCUT2D eigenvalue weighted by molar-refractivity contribution is -0.123. The van der Waals surface area contributed by atoms with Crippen LogP contribution in [0.15, 0.2) is 65.7 Å². The minimum absolute atomic E-state index is 0.234. The molecule has 3 aliphatic rings. The molecule has 0 saturated heterocycles. The molecule has 35 heavy (non-hydrogen) atoms. The maximum Gasteiger partial charge on any atom is 0.261 e. The average Bonchev–Trinajstić information content (AvgIpc) is 3.48. The van der Waals surface area contributed by atoms with Crippen molar-refractivity contribution in [1.29, 1.82) is 0 Å². The van der Waals surface area contributed by atoms with Gasteiger partial charge in [-0.25, -0.2) is 4.98 Å². The van der Waals surface area contributed by atoms with Crippen molar-refractivity contribution in [1.82, 2.24) is 14.7 Å². The van der Waals surface area contributed by atoms with Gasteiger partial charge in [-0.05, 0) is 24.5 Å².